The highest BCUT2D eigenvalue weighted by Crippen LogP contribution is 2.38. The van der Waals surface area contributed by atoms with Gasteiger partial charge in [-0.25, -0.2) is 0 Å². The fourth-order valence-corrected chi connectivity index (χ4v) is 3.08. The first kappa shape index (κ1) is 12.9. The van der Waals surface area contributed by atoms with Crippen molar-refractivity contribution in [3.8, 4) is 0 Å². The van der Waals surface area contributed by atoms with Crippen LogP contribution < -0.4 is 5.73 Å². The summed E-state index contributed by atoms with van der Waals surface area (Å²) in [5.41, 5.74) is 5.85. The highest BCUT2D eigenvalue weighted by atomic mass is 16.2. The molecule has 0 aromatic rings. The molecule has 17 heavy (non-hydrogen) atoms. The van der Waals surface area contributed by atoms with Crippen LogP contribution in [0.25, 0.3) is 0 Å². The lowest BCUT2D eigenvalue weighted by molar-refractivity contribution is -0.140. The molecule has 2 N–H and O–H groups in total. The molecule has 2 fully saturated rings. The summed E-state index contributed by atoms with van der Waals surface area (Å²) in [5.74, 6) is 2.01. The first-order valence-corrected chi connectivity index (χ1v) is 7.17. The van der Waals surface area contributed by atoms with Gasteiger partial charge >= 0.3 is 0 Å². The van der Waals surface area contributed by atoms with E-state index in [0.717, 1.165) is 25.3 Å². The Morgan fingerprint density at radius 2 is 2.12 bits per heavy atom. The molecular weight excluding hydrogens is 212 g/mol. The Bertz CT molecular complexity index is 275. The molecule has 0 radical (unpaired) electrons. The molecule has 1 saturated carbocycles. The molecule has 1 aliphatic carbocycles. The average Bonchev–Trinajstić information content (AvgIpc) is 3.20. The van der Waals surface area contributed by atoms with Crippen LogP contribution in [-0.2, 0) is 4.79 Å². The molecule has 3 nitrogen and oxygen atoms in total. The Balaban J connectivity index is 1.96. The van der Waals surface area contributed by atoms with E-state index in [1.54, 1.807) is 0 Å². The normalized spacial score (nSPS) is 31.4. The summed E-state index contributed by atoms with van der Waals surface area (Å²) in [7, 11) is 0. The smallest absolute Gasteiger partial charge is 0.225 e. The van der Waals surface area contributed by atoms with Crippen LogP contribution in [0.1, 0.15) is 46.0 Å². The molecule has 3 heteroatoms. The van der Waals surface area contributed by atoms with Gasteiger partial charge in [0.15, 0.2) is 0 Å². The van der Waals surface area contributed by atoms with Crippen LogP contribution in [0.2, 0.25) is 0 Å². The predicted octanol–water partition coefficient (Wildman–Crippen LogP) is 2.01. The molecule has 1 saturated heterocycles. The van der Waals surface area contributed by atoms with E-state index in [9.17, 15) is 4.79 Å². The van der Waals surface area contributed by atoms with E-state index in [2.05, 4.69) is 18.7 Å². The van der Waals surface area contributed by atoms with Gasteiger partial charge in [-0.15, -0.1) is 0 Å². The molecule has 3 atom stereocenters. The number of carbonyl (C=O) groups is 1. The minimum Gasteiger partial charge on any atom is -0.338 e. The number of nitrogens with two attached hydrogens (primary N) is 1. The second-order valence-electron chi connectivity index (χ2n) is 5.85. The molecule has 0 aromatic carbocycles. The highest BCUT2D eigenvalue weighted by molar-refractivity contribution is 5.79. The van der Waals surface area contributed by atoms with Crippen molar-refractivity contribution in [1.29, 1.82) is 0 Å². The molecule has 0 bridgehead atoms. The molecule has 98 valence electrons. The number of hydrogen-bond donors (Lipinski definition) is 1. The predicted molar refractivity (Wildman–Crippen MR) is 69.5 cm³/mol. The monoisotopic (exact) mass is 238 g/mol. The van der Waals surface area contributed by atoms with Crippen molar-refractivity contribution in [1.82, 2.24) is 4.90 Å². The molecule has 1 amide bonds. The summed E-state index contributed by atoms with van der Waals surface area (Å²) < 4.78 is 0. The standard InChI is InChI=1S/C14H26N2O/c1-3-11-6-7-16(13(8-11)9-15)14(17)10(2)12-4-5-12/h10-13H,3-9,15H2,1-2H3. The zero-order valence-corrected chi connectivity index (χ0v) is 11.2. The Labute approximate surface area is 105 Å². The van der Waals surface area contributed by atoms with Gasteiger partial charge in [0, 0.05) is 25.0 Å². The van der Waals surface area contributed by atoms with Crippen LogP contribution >= 0.6 is 0 Å². The Morgan fingerprint density at radius 1 is 1.41 bits per heavy atom. The number of piperidine rings is 1. The highest BCUT2D eigenvalue weighted by Gasteiger charge is 2.38. The third kappa shape index (κ3) is 2.82. The maximum atomic E-state index is 12.4. The second-order valence-corrected chi connectivity index (χ2v) is 5.85. The molecule has 1 aliphatic heterocycles. The lowest BCUT2D eigenvalue weighted by Gasteiger charge is -2.40. The van der Waals surface area contributed by atoms with Gasteiger partial charge in [0.05, 0.1) is 0 Å². The van der Waals surface area contributed by atoms with Crippen molar-refractivity contribution in [3.05, 3.63) is 0 Å². The molecule has 1 heterocycles. The topological polar surface area (TPSA) is 46.3 Å². The first-order chi connectivity index (χ1) is 8.17. The van der Waals surface area contributed by atoms with Crippen molar-refractivity contribution in [2.75, 3.05) is 13.1 Å². The molecule has 0 spiro atoms. The van der Waals surface area contributed by atoms with Crippen molar-refractivity contribution >= 4 is 5.91 Å². The van der Waals surface area contributed by atoms with Gasteiger partial charge in [-0.3, -0.25) is 4.79 Å². The van der Waals surface area contributed by atoms with E-state index < -0.39 is 0 Å². The SMILES string of the molecule is CCC1CCN(C(=O)C(C)C2CC2)C(CN)C1. The maximum Gasteiger partial charge on any atom is 0.225 e. The van der Waals surface area contributed by atoms with E-state index in [1.165, 1.54) is 19.3 Å². The Morgan fingerprint density at radius 3 is 2.65 bits per heavy atom. The van der Waals surface area contributed by atoms with Gasteiger partial charge in [0.2, 0.25) is 5.91 Å². The van der Waals surface area contributed by atoms with Crippen LogP contribution in [0.3, 0.4) is 0 Å². The van der Waals surface area contributed by atoms with Crippen LogP contribution in [0.15, 0.2) is 0 Å². The number of carbonyl (C=O) groups excluding carboxylic acids is 1. The third-order valence-corrected chi connectivity index (χ3v) is 4.68. The van der Waals surface area contributed by atoms with Crippen molar-refractivity contribution in [2.24, 2.45) is 23.5 Å². The van der Waals surface area contributed by atoms with Crippen molar-refractivity contribution in [2.45, 2.75) is 52.0 Å². The van der Waals surface area contributed by atoms with Gasteiger partial charge in [0.1, 0.15) is 0 Å². The van der Waals surface area contributed by atoms with E-state index in [4.69, 9.17) is 5.73 Å². The lowest BCUT2D eigenvalue weighted by atomic mass is 9.88. The largest absolute Gasteiger partial charge is 0.338 e. The van der Waals surface area contributed by atoms with Crippen LogP contribution in [0.5, 0.6) is 0 Å². The molecule has 2 aliphatic rings. The van der Waals surface area contributed by atoms with Crippen molar-refractivity contribution in [3.63, 3.8) is 0 Å². The van der Waals surface area contributed by atoms with Crippen molar-refractivity contribution < 1.29 is 4.79 Å². The van der Waals surface area contributed by atoms with Crippen LogP contribution in [-0.4, -0.2) is 29.9 Å². The summed E-state index contributed by atoms with van der Waals surface area (Å²) in [6.07, 6.45) is 5.97. The quantitative estimate of drug-likeness (QED) is 0.814. The van der Waals surface area contributed by atoms with Gasteiger partial charge in [-0.1, -0.05) is 20.3 Å². The fraction of sp³-hybridized carbons (Fsp3) is 0.929. The summed E-state index contributed by atoms with van der Waals surface area (Å²) in [6, 6.07) is 0.294. The van der Waals surface area contributed by atoms with Crippen LogP contribution in [0.4, 0.5) is 0 Å². The zero-order chi connectivity index (χ0) is 12.4. The van der Waals surface area contributed by atoms with Crippen LogP contribution in [0, 0.1) is 17.8 Å². The molecule has 2 rings (SSSR count). The maximum absolute atomic E-state index is 12.4. The second kappa shape index (κ2) is 5.38. The lowest BCUT2D eigenvalue weighted by Crippen LogP contribution is -2.51. The fourth-order valence-electron chi connectivity index (χ4n) is 3.08. The minimum absolute atomic E-state index is 0.224. The van der Waals surface area contributed by atoms with Gasteiger partial charge in [-0.2, -0.15) is 0 Å². The number of amides is 1. The average molecular weight is 238 g/mol. The Hall–Kier alpha value is -0.570. The summed E-state index contributed by atoms with van der Waals surface area (Å²) in [5, 5.41) is 0. The van der Waals surface area contributed by atoms with E-state index in [1.807, 2.05) is 0 Å². The number of nitrogens with zero attached hydrogens (tertiary/aromatic N) is 1. The first-order valence-electron chi connectivity index (χ1n) is 7.17. The number of hydrogen-bond acceptors (Lipinski definition) is 2. The number of likely N-dealkylation sites (tertiary alicyclic amines) is 1. The molecule has 3 unspecified atom stereocenters. The summed E-state index contributed by atoms with van der Waals surface area (Å²) >= 11 is 0. The van der Waals surface area contributed by atoms with E-state index in [0.29, 0.717) is 24.4 Å². The van der Waals surface area contributed by atoms with Gasteiger partial charge < -0.3 is 10.6 Å². The zero-order valence-electron chi connectivity index (χ0n) is 11.2. The van der Waals surface area contributed by atoms with E-state index in [-0.39, 0.29) is 5.92 Å². The minimum atomic E-state index is 0.224. The Kier molecular flexibility index (Phi) is 4.08. The number of rotatable bonds is 4. The summed E-state index contributed by atoms with van der Waals surface area (Å²) in [6.45, 7) is 5.89. The summed E-state index contributed by atoms with van der Waals surface area (Å²) in [4.78, 5) is 14.5. The van der Waals surface area contributed by atoms with E-state index >= 15 is 0 Å². The molecular formula is C14H26N2O. The molecule has 0 aromatic heterocycles. The van der Waals surface area contributed by atoms with Gasteiger partial charge in [0.25, 0.3) is 0 Å². The third-order valence-electron chi connectivity index (χ3n) is 4.68. The van der Waals surface area contributed by atoms with Gasteiger partial charge in [-0.05, 0) is 37.5 Å².